The first-order valence-corrected chi connectivity index (χ1v) is 11.1. The standard InChI is InChI=1S/C27H27F2NO4/c1-33-24-15-19-12-13-30(26(27(31)32)18-6-4-3-5-7-18)23(20(19)16-25(24)34-2)11-9-17-8-10-21(28)22(29)14-17/h3-8,10,14-16,23,26H,9,11-13H2,1-2H3,(H,31,32). The summed E-state index contributed by atoms with van der Waals surface area (Å²) in [6.45, 7) is 0.525. The summed E-state index contributed by atoms with van der Waals surface area (Å²) in [6.07, 6.45) is 1.62. The molecule has 1 aliphatic heterocycles. The van der Waals surface area contributed by atoms with Crippen LogP contribution in [0, 0.1) is 11.6 Å². The van der Waals surface area contributed by atoms with Crippen LogP contribution >= 0.6 is 0 Å². The van der Waals surface area contributed by atoms with Gasteiger partial charge < -0.3 is 14.6 Å². The first-order valence-electron chi connectivity index (χ1n) is 11.1. The molecular formula is C27H27F2NO4. The number of ether oxygens (including phenoxy) is 2. The van der Waals surface area contributed by atoms with E-state index in [2.05, 4.69) is 0 Å². The molecule has 1 heterocycles. The summed E-state index contributed by atoms with van der Waals surface area (Å²) >= 11 is 0. The number of hydrogen-bond acceptors (Lipinski definition) is 4. The fraction of sp³-hybridized carbons (Fsp3) is 0.296. The van der Waals surface area contributed by atoms with E-state index in [4.69, 9.17) is 9.47 Å². The minimum atomic E-state index is -0.937. The summed E-state index contributed by atoms with van der Waals surface area (Å²) in [4.78, 5) is 14.4. The van der Waals surface area contributed by atoms with Crippen LogP contribution in [0.25, 0.3) is 0 Å². The monoisotopic (exact) mass is 467 g/mol. The van der Waals surface area contributed by atoms with E-state index in [0.29, 0.717) is 48.4 Å². The molecule has 0 aliphatic carbocycles. The maximum absolute atomic E-state index is 13.8. The molecule has 5 nitrogen and oxygen atoms in total. The first-order chi connectivity index (χ1) is 16.4. The summed E-state index contributed by atoms with van der Waals surface area (Å²) in [6, 6.07) is 15.7. The highest BCUT2D eigenvalue weighted by atomic mass is 19.2. The Balaban J connectivity index is 1.75. The Kier molecular flexibility index (Phi) is 7.12. The second-order valence-electron chi connectivity index (χ2n) is 8.35. The van der Waals surface area contributed by atoms with Gasteiger partial charge in [0.25, 0.3) is 0 Å². The molecule has 0 aromatic heterocycles. The molecule has 1 aliphatic rings. The van der Waals surface area contributed by atoms with Crippen LogP contribution in [0.5, 0.6) is 11.5 Å². The van der Waals surface area contributed by atoms with Crippen molar-refractivity contribution in [1.82, 2.24) is 4.90 Å². The number of aliphatic carboxylic acids is 1. The van der Waals surface area contributed by atoms with Crippen molar-refractivity contribution in [3.63, 3.8) is 0 Å². The number of methoxy groups -OCH3 is 2. The molecular weight excluding hydrogens is 440 g/mol. The summed E-state index contributed by atoms with van der Waals surface area (Å²) in [5, 5.41) is 10.2. The average molecular weight is 468 g/mol. The molecule has 0 radical (unpaired) electrons. The van der Waals surface area contributed by atoms with Crippen LogP contribution < -0.4 is 9.47 Å². The molecule has 0 saturated heterocycles. The van der Waals surface area contributed by atoms with E-state index in [1.54, 1.807) is 20.3 Å². The largest absolute Gasteiger partial charge is 0.493 e. The Morgan fingerprint density at radius 1 is 1.03 bits per heavy atom. The van der Waals surface area contributed by atoms with Crippen LogP contribution in [0.2, 0.25) is 0 Å². The van der Waals surface area contributed by atoms with Gasteiger partial charge in [0.05, 0.1) is 14.2 Å². The summed E-state index contributed by atoms with van der Waals surface area (Å²) in [5.74, 6) is -1.54. The van der Waals surface area contributed by atoms with Gasteiger partial charge in [-0.3, -0.25) is 9.69 Å². The Morgan fingerprint density at radius 2 is 1.74 bits per heavy atom. The first kappa shape index (κ1) is 23.7. The number of carboxylic acid groups (broad SMARTS) is 1. The van der Waals surface area contributed by atoms with E-state index in [1.165, 1.54) is 6.07 Å². The summed E-state index contributed by atoms with van der Waals surface area (Å²) in [5.41, 5.74) is 3.35. The number of carboxylic acids is 1. The van der Waals surface area contributed by atoms with Gasteiger partial charge in [0.1, 0.15) is 6.04 Å². The van der Waals surface area contributed by atoms with Crippen molar-refractivity contribution in [2.45, 2.75) is 31.3 Å². The smallest absolute Gasteiger partial charge is 0.325 e. The molecule has 4 rings (SSSR count). The Bertz CT molecular complexity index is 1170. The molecule has 0 bridgehead atoms. The second-order valence-corrected chi connectivity index (χ2v) is 8.35. The molecule has 34 heavy (non-hydrogen) atoms. The maximum atomic E-state index is 13.8. The average Bonchev–Trinajstić information content (AvgIpc) is 2.84. The molecule has 0 spiro atoms. The number of aryl methyl sites for hydroxylation is 1. The normalized spacial score (nSPS) is 16.5. The van der Waals surface area contributed by atoms with Gasteiger partial charge in [-0.05, 0) is 65.8 Å². The Labute approximate surface area is 197 Å². The number of halogens is 2. The van der Waals surface area contributed by atoms with E-state index in [1.807, 2.05) is 47.4 Å². The molecule has 2 atom stereocenters. The minimum absolute atomic E-state index is 0.280. The predicted octanol–water partition coefficient (Wildman–Crippen LogP) is 5.34. The van der Waals surface area contributed by atoms with E-state index in [0.717, 1.165) is 17.2 Å². The number of benzene rings is 3. The molecule has 7 heteroatoms. The lowest BCUT2D eigenvalue weighted by atomic mass is 9.86. The van der Waals surface area contributed by atoms with E-state index >= 15 is 0 Å². The highest BCUT2D eigenvalue weighted by Gasteiger charge is 2.37. The second kappa shape index (κ2) is 10.2. The zero-order chi connectivity index (χ0) is 24.2. The van der Waals surface area contributed by atoms with Gasteiger partial charge in [-0.1, -0.05) is 36.4 Å². The highest BCUT2D eigenvalue weighted by Crippen LogP contribution is 2.43. The van der Waals surface area contributed by atoms with Crippen LogP contribution in [-0.4, -0.2) is 36.7 Å². The van der Waals surface area contributed by atoms with Gasteiger partial charge in [0.2, 0.25) is 0 Å². The third-order valence-corrected chi connectivity index (χ3v) is 6.42. The Morgan fingerprint density at radius 3 is 2.38 bits per heavy atom. The molecule has 178 valence electrons. The van der Waals surface area contributed by atoms with Gasteiger partial charge in [-0.2, -0.15) is 0 Å². The molecule has 0 saturated carbocycles. The lowest BCUT2D eigenvalue weighted by molar-refractivity contribution is -0.145. The Hall–Kier alpha value is -3.45. The number of hydrogen-bond donors (Lipinski definition) is 1. The van der Waals surface area contributed by atoms with Gasteiger partial charge in [0.15, 0.2) is 23.1 Å². The van der Waals surface area contributed by atoms with Crippen molar-refractivity contribution in [2.24, 2.45) is 0 Å². The number of fused-ring (bicyclic) bond motifs is 1. The highest BCUT2D eigenvalue weighted by molar-refractivity contribution is 5.75. The van der Waals surface area contributed by atoms with E-state index < -0.39 is 23.6 Å². The zero-order valence-corrected chi connectivity index (χ0v) is 19.1. The van der Waals surface area contributed by atoms with Gasteiger partial charge >= 0.3 is 5.97 Å². The minimum Gasteiger partial charge on any atom is -0.493 e. The van der Waals surface area contributed by atoms with Crippen molar-refractivity contribution in [3.8, 4) is 11.5 Å². The van der Waals surface area contributed by atoms with Crippen LogP contribution in [0.3, 0.4) is 0 Å². The lowest BCUT2D eigenvalue weighted by Crippen LogP contribution is -2.41. The molecule has 2 unspecified atom stereocenters. The molecule has 3 aromatic carbocycles. The third kappa shape index (κ3) is 4.75. The quantitative estimate of drug-likeness (QED) is 0.485. The topological polar surface area (TPSA) is 59.0 Å². The fourth-order valence-electron chi connectivity index (χ4n) is 4.79. The van der Waals surface area contributed by atoms with E-state index in [-0.39, 0.29) is 6.04 Å². The van der Waals surface area contributed by atoms with Crippen molar-refractivity contribution in [1.29, 1.82) is 0 Å². The summed E-state index contributed by atoms with van der Waals surface area (Å²) in [7, 11) is 3.14. The number of carbonyl (C=O) groups is 1. The lowest BCUT2D eigenvalue weighted by Gasteiger charge is -2.41. The van der Waals surface area contributed by atoms with Crippen LogP contribution in [0.4, 0.5) is 8.78 Å². The zero-order valence-electron chi connectivity index (χ0n) is 19.1. The van der Waals surface area contributed by atoms with Crippen LogP contribution in [0.1, 0.15) is 40.8 Å². The SMILES string of the molecule is COc1cc2c(cc1OC)C(CCc1ccc(F)c(F)c1)N(C(C(=O)O)c1ccccc1)CC2. The number of nitrogens with zero attached hydrogens (tertiary/aromatic N) is 1. The van der Waals surface area contributed by atoms with Gasteiger partial charge in [0, 0.05) is 12.6 Å². The van der Waals surface area contributed by atoms with Crippen molar-refractivity contribution in [3.05, 3.63) is 94.6 Å². The van der Waals surface area contributed by atoms with Crippen molar-refractivity contribution < 1.29 is 28.2 Å². The molecule has 3 aromatic rings. The van der Waals surface area contributed by atoms with Crippen LogP contribution in [-0.2, 0) is 17.6 Å². The van der Waals surface area contributed by atoms with E-state index in [9.17, 15) is 18.7 Å². The molecule has 1 N–H and O–H groups in total. The third-order valence-electron chi connectivity index (χ3n) is 6.42. The number of rotatable bonds is 8. The predicted molar refractivity (Wildman–Crippen MR) is 124 cm³/mol. The summed E-state index contributed by atoms with van der Waals surface area (Å²) < 4.78 is 38.2. The van der Waals surface area contributed by atoms with Gasteiger partial charge in [-0.15, -0.1) is 0 Å². The molecule has 0 amide bonds. The molecule has 0 fully saturated rings. The van der Waals surface area contributed by atoms with Crippen LogP contribution in [0.15, 0.2) is 60.7 Å². The van der Waals surface area contributed by atoms with Crippen molar-refractivity contribution in [2.75, 3.05) is 20.8 Å². The van der Waals surface area contributed by atoms with Crippen molar-refractivity contribution >= 4 is 5.97 Å². The maximum Gasteiger partial charge on any atom is 0.325 e. The van der Waals surface area contributed by atoms with Gasteiger partial charge in [-0.25, -0.2) is 8.78 Å². The fourth-order valence-corrected chi connectivity index (χ4v) is 4.79.